The van der Waals surface area contributed by atoms with Gasteiger partial charge in [-0.2, -0.15) is 4.98 Å². The molecule has 8 heteroatoms. The van der Waals surface area contributed by atoms with E-state index in [1.165, 1.54) is 0 Å². The van der Waals surface area contributed by atoms with Gasteiger partial charge in [-0.15, -0.1) is 0 Å². The molecule has 1 fully saturated rings. The second-order valence-electron chi connectivity index (χ2n) is 12.2. The van der Waals surface area contributed by atoms with Crippen molar-refractivity contribution in [1.29, 1.82) is 0 Å². The number of fused-ring (bicyclic) bond motifs is 2. The Balaban J connectivity index is 1.16. The van der Waals surface area contributed by atoms with Gasteiger partial charge in [-0.05, 0) is 56.4 Å². The Kier molecular flexibility index (Phi) is 8.33. The Morgan fingerprint density at radius 2 is 1.55 bits per heavy atom. The lowest BCUT2D eigenvalue weighted by Gasteiger charge is -2.31. The summed E-state index contributed by atoms with van der Waals surface area (Å²) in [5.41, 5.74) is 4.58. The first kappa shape index (κ1) is 29.4. The van der Waals surface area contributed by atoms with Crippen molar-refractivity contribution in [2.45, 2.75) is 57.0 Å². The van der Waals surface area contributed by atoms with Crippen LogP contribution in [0.1, 0.15) is 59.5 Å². The highest BCUT2D eigenvalue weighted by Gasteiger charge is 2.31. The predicted octanol–water partition coefficient (Wildman–Crippen LogP) is 6.39. The lowest BCUT2D eigenvalue weighted by Crippen LogP contribution is -2.42. The average Bonchev–Trinajstić information content (AvgIpc) is 3.36. The van der Waals surface area contributed by atoms with Gasteiger partial charge in [0.1, 0.15) is 5.82 Å². The zero-order valence-corrected chi connectivity index (χ0v) is 25.9. The number of carbonyl (C=O) groups is 2. The third kappa shape index (κ3) is 6.16. The summed E-state index contributed by atoms with van der Waals surface area (Å²) in [6.07, 6.45) is 5.58. The van der Waals surface area contributed by atoms with Gasteiger partial charge >= 0.3 is 0 Å². The van der Waals surface area contributed by atoms with Gasteiger partial charge < -0.3 is 20.1 Å². The van der Waals surface area contributed by atoms with Crippen LogP contribution in [0.4, 0.5) is 11.8 Å². The minimum atomic E-state index is -0.582. The van der Waals surface area contributed by atoms with E-state index in [1.54, 1.807) is 0 Å². The third-order valence-corrected chi connectivity index (χ3v) is 8.80. The molecule has 6 rings (SSSR count). The Morgan fingerprint density at radius 3 is 2.27 bits per heavy atom. The van der Waals surface area contributed by atoms with Gasteiger partial charge in [-0.25, -0.2) is 4.98 Å². The number of aryl methyl sites for hydroxylation is 2. The predicted molar refractivity (Wildman–Crippen MR) is 177 cm³/mol. The molecule has 2 aromatic heterocycles. The van der Waals surface area contributed by atoms with Crippen LogP contribution in [-0.2, 0) is 11.8 Å². The molecule has 0 bridgehead atoms. The maximum atomic E-state index is 14.0. The number of ketones is 1. The van der Waals surface area contributed by atoms with E-state index >= 15 is 0 Å². The summed E-state index contributed by atoms with van der Waals surface area (Å²) in [6.45, 7) is 2.00. The van der Waals surface area contributed by atoms with Crippen LogP contribution in [0.25, 0.3) is 21.8 Å². The number of Topliss-reactive ketones (excluding diaryl/α,β-unsaturated/α-hetero) is 1. The van der Waals surface area contributed by atoms with Gasteiger partial charge in [-0.3, -0.25) is 9.59 Å². The molecule has 2 N–H and O–H groups in total. The van der Waals surface area contributed by atoms with E-state index in [0.717, 1.165) is 64.4 Å². The highest BCUT2D eigenvalue weighted by atomic mass is 16.2. The van der Waals surface area contributed by atoms with Crippen LogP contribution in [0.15, 0.2) is 79.0 Å². The van der Waals surface area contributed by atoms with Crippen LogP contribution in [-0.4, -0.2) is 52.4 Å². The minimum Gasteiger partial charge on any atom is -0.362 e. The van der Waals surface area contributed by atoms with E-state index in [2.05, 4.69) is 10.6 Å². The number of amides is 1. The highest BCUT2D eigenvalue weighted by molar-refractivity contribution is 6.02. The van der Waals surface area contributed by atoms with Crippen molar-refractivity contribution < 1.29 is 9.59 Å². The highest BCUT2D eigenvalue weighted by Crippen LogP contribution is 2.32. The molecule has 8 nitrogen and oxygen atoms in total. The van der Waals surface area contributed by atoms with Crippen molar-refractivity contribution in [1.82, 2.24) is 19.9 Å². The van der Waals surface area contributed by atoms with Crippen LogP contribution in [0.3, 0.4) is 0 Å². The van der Waals surface area contributed by atoms with E-state index < -0.39 is 5.92 Å². The van der Waals surface area contributed by atoms with Gasteiger partial charge in [0, 0.05) is 67.7 Å². The molecule has 226 valence electrons. The van der Waals surface area contributed by atoms with Gasteiger partial charge in [0.05, 0.1) is 11.4 Å². The van der Waals surface area contributed by atoms with E-state index in [9.17, 15) is 9.59 Å². The summed E-state index contributed by atoms with van der Waals surface area (Å²) in [5.74, 6) is 0.815. The summed E-state index contributed by atoms with van der Waals surface area (Å²) in [5, 5.41) is 8.91. The maximum Gasteiger partial charge on any atom is 0.228 e. The molecule has 2 heterocycles. The summed E-state index contributed by atoms with van der Waals surface area (Å²) in [4.78, 5) is 39.0. The first-order valence-corrected chi connectivity index (χ1v) is 15.4. The average molecular weight is 589 g/mol. The van der Waals surface area contributed by atoms with Crippen molar-refractivity contribution in [2.75, 3.05) is 24.3 Å². The molecule has 0 radical (unpaired) electrons. The number of hydrogen-bond donors (Lipinski definition) is 2. The van der Waals surface area contributed by atoms with Crippen molar-refractivity contribution >= 4 is 45.3 Å². The van der Waals surface area contributed by atoms with Gasteiger partial charge in [0.25, 0.3) is 0 Å². The molecule has 3 aromatic carbocycles. The summed E-state index contributed by atoms with van der Waals surface area (Å²) in [7, 11) is 5.97. The number of anilines is 2. The maximum absolute atomic E-state index is 14.0. The fourth-order valence-corrected chi connectivity index (χ4v) is 6.37. The molecule has 1 saturated carbocycles. The number of rotatable bonds is 9. The molecule has 1 aliphatic carbocycles. The smallest absolute Gasteiger partial charge is 0.228 e. The molecule has 1 atom stereocenters. The topological polar surface area (TPSA) is 92.2 Å². The lowest BCUT2D eigenvalue weighted by atomic mass is 9.88. The molecule has 44 heavy (non-hydrogen) atoms. The molecular formula is C36H40N6O2. The number of nitrogens with zero attached hydrogens (tertiary/aromatic N) is 4. The Hall–Kier alpha value is -4.72. The number of para-hydroxylation sites is 2. The number of hydrogen-bond acceptors (Lipinski definition) is 6. The summed E-state index contributed by atoms with van der Waals surface area (Å²) in [6, 6.07) is 24.0. The van der Waals surface area contributed by atoms with Gasteiger partial charge in [0.2, 0.25) is 11.9 Å². The second-order valence-corrected chi connectivity index (χ2v) is 12.2. The Labute approximate surface area is 258 Å². The largest absolute Gasteiger partial charge is 0.362 e. The fourth-order valence-electron chi connectivity index (χ4n) is 6.37. The molecule has 0 saturated heterocycles. The number of benzene rings is 3. The second kappa shape index (κ2) is 12.5. The number of aromatic nitrogens is 3. The van der Waals surface area contributed by atoms with Crippen LogP contribution >= 0.6 is 0 Å². The van der Waals surface area contributed by atoms with Crippen LogP contribution < -0.4 is 15.5 Å². The molecular weight excluding hydrogens is 548 g/mol. The van der Waals surface area contributed by atoms with Crippen molar-refractivity contribution in [2.24, 2.45) is 7.05 Å². The van der Waals surface area contributed by atoms with Gasteiger partial charge in [-0.1, -0.05) is 60.2 Å². The van der Waals surface area contributed by atoms with Crippen LogP contribution in [0.5, 0.6) is 0 Å². The quantitative estimate of drug-likeness (QED) is 0.194. The van der Waals surface area contributed by atoms with Crippen LogP contribution in [0, 0.1) is 6.92 Å². The van der Waals surface area contributed by atoms with Crippen molar-refractivity contribution in [3.63, 3.8) is 0 Å². The Morgan fingerprint density at radius 1 is 0.886 bits per heavy atom. The normalized spacial score (nSPS) is 17.4. The SMILES string of the molecule is Cc1ccc(C(=O)CC(C(=O)NC2CCC(Nc3nc(N(C)C)c4ccccc4n3)CC2)c2cn(C)c3ccccc23)cc1. The molecule has 1 unspecified atom stereocenters. The van der Waals surface area contributed by atoms with Crippen LogP contribution in [0.2, 0.25) is 0 Å². The molecule has 1 aliphatic rings. The van der Waals surface area contributed by atoms with Crippen molar-refractivity contribution in [3.05, 3.63) is 95.7 Å². The zero-order chi connectivity index (χ0) is 30.8. The standard InChI is InChI=1S/C36H40N6O2/c1-23-13-15-24(16-14-23)33(43)21-29(30-22-42(4)32-12-8-6-9-27(30)32)35(44)37-25-17-19-26(20-18-25)38-36-39-31-11-7-5-10-28(31)34(40-36)41(2)3/h5-16,22,25-26,29H,17-21H2,1-4H3,(H,37,44)(H,38,39,40). The minimum absolute atomic E-state index is 0.0292. The van der Waals surface area contributed by atoms with E-state index in [1.807, 2.05) is 117 Å². The third-order valence-electron chi connectivity index (χ3n) is 8.80. The molecule has 5 aromatic rings. The molecule has 0 aliphatic heterocycles. The van der Waals surface area contributed by atoms with Crippen molar-refractivity contribution in [3.8, 4) is 0 Å². The van der Waals surface area contributed by atoms with E-state index in [4.69, 9.17) is 9.97 Å². The lowest BCUT2D eigenvalue weighted by molar-refractivity contribution is -0.123. The number of nitrogens with one attached hydrogen (secondary N) is 2. The zero-order valence-electron chi connectivity index (χ0n) is 25.9. The fraction of sp³-hybridized carbons (Fsp3) is 0.333. The van der Waals surface area contributed by atoms with Gasteiger partial charge in [0.15, 0.2) is 5.78 Å². The molecule has 1 amide bonds. The van der Waals surface area contributed by atoms with E-state index in [-0.39, 0.29) is 30.2 Å². The Bertz CT molecular complexity index is 1800. The summed E-state index contributed by atoms with van der Waals surface area (Å²) < 4.78 is 2.04. The number of carbonyl (C=O) groups excluding carboxylic acids is 2. The first-order chi connectivity index (χ1) is 21.3. The molecule has 0 spiro atoms. The first-order valence-electron chi connectivity index (χ1n) is 15.4. The van der Waals surface area contributed by atoms with E-state index in [0.29, 0.717) is 11.5 Å². The monoisotopic (exact) mass is 588 g/mol. The summed E-state index contributed by atoms with van der Waals surface area (Å²) >= 11 is 0.